The lowest BCUT2D eigenvalue weighted by Crippen LogP contribution is -2.14. The maximum atomic E-state index is 3.80. The van der Waals surface area contributed by atoms with Crippen LogP contribution in [-0.2, 0) is 6.54 Å². The minimum Gasteiger partial charge on any atom is -0.308 e. The smallest absolute Gasteiger partial charge is 0.0268 e. The molecule has 0 spiro atoms. The van der Waals surface area contributed by atoms with Gasteiger partial charge in [0.25, 0.3) is 0 Å². The van der Waals surface area contributed by atoms with Crippen LogP contribution in [-0.4, -0.2) is 6.54 Å². The maximum absolute atomic E-state index is 3.80. The van der Waals surface area contributed by atoms with Crippen LogP contribution in [0.3, 0.4) is 0 Å². The van der Waals surface area contributed by atoms with E-state index in [9.17, 15) is 0 Å². The highest BCUT2D eigenvalue weighted by Gasteiger charge is 1.99. The second kappa shape index (κ2) is 5.28. The Bertz CT molecular complexity index is 500. The van der Waals surface area contributed by atoms with Crippen molar-refractivity contribution >= 4 is 26.7 Å². The van der Waals surface area contributed by atoms with Crippen molar-refractivity contribution in [3.8, 4) is 0 Å². The molecule has 1 nitrogen and oxygen atoms in total. The van der Waals surface area contributed by atoms with Crippen molar-refractivity contribution in [1.29, 1.82) is 0 Å². The fraction of sp³-hybridized carbons (Fsp3) is 0.143. The first kappa shape index (κ1) is 11.4. The number of hydrogen-bond donors (Lipinski definition) is 1. The third kappa shape index (κ3) is 2.71. The van der Waals surface area contributed by atoms with Crippen LogP contribution >= 0.6 is 15.9 Å². The fourth-order valence-electron chi connectivity index (χ4n) is 1.78. The van der Waals surface area contributed by atoms with Gasteiger partial charge in [-0.15, -0.1) is 0 Å². The number of nitrogens with one attached hydrogen (secondary N) is 1. The third-order valence-corrected chi connectivity index (χ3v) is 2.79. The van der Waals surface area contributed by atoms with Gasteiger partial charge in [-0.2, -0.15) is 0 Å². The molecular weight excluding hydrogens is 262 g/mol. The summed E-state index contributed by atoms with van der Waals surface area (Å²) in [5.41, 5.74) is 1.33. The molecule has 2 heteroatoms. The van der Waals surface area contributed by atoms with E-state index < -0.39 is 0 Å². The van der Waals surface area contributed by atoms with Crippen molar-refractivity contribution in [2.75, 3.05) is 6.54 Å². The van der Waals surface area contributed by atoms with Crippen LogP contribution < -0.4 is 5.32 Å². The van der Waals surface area contributed by atoms with E-state index in [-0.39, 0.29) is 0 Å². The van der Waals surface area contributed by atoms with Gasteiger partial charge in [0, 0.05) is 17.6 Å². The molecule has 0 fully saturated rings. The van der Waals surface area contributed by atoms with Gasteiger partial charge < -0.3 is 5.32 Å². The molecule has 0 aliphatic rings. The molecule has 2 aromatic carbocycles. The van der Waals surface area contributed by atoms with Gasteiger partial charge in [-0.25, -0.2) is 0 Å². The number of benzene rings is 2. The molecule has 0 saturated carbocycles. The Balaban J connectivity index is 2.20. The van der Waals surface area contributed by atoms with Crippen molar-refractivity contribution in [2.45, 2.75) is 6.54 Å². The van der Waals surface area contributed by atoms with Gasteiger partial charge in [0.1, 0.15) is 0 Å². The zero-order valence-electron chi connectivity index (χ0n) is 9.04. The van der Waals surface area contributed by atoms with Gasteiger partial charge in [-0.1, -0.05) is 65.0 Å². The van der Waals surface area contributed by atoms with Gasteiger partial charge in [-0.05, 0) is 16.3 Å². The Morgan fingerprint density at radius 2 is 1.88 bits per heavy atom. The van der Waals surface area contributed by atoms with E-state index in [1.165, 1.54) is 16.3 Å². The average molecular weight is 276 g/mol. The van der Waals surface area contributed by atoms with E-state index in [0.717, 1.165) is 17.6 Å². The summed E-state index contributed by atoms with van der Waals surface area (Å²) in [5, 5.41) is 5.96. The largest absolute Gasteiger partial charge is 0.308 e. The molecule has 0 bridgehead atoms. The molecule has 2 aromatic rings. The lowest BCUT2D eigenvalue weighted by Gasteiger charge is -2.07. The first-order valence-corrected chi connectivity index (χ1v) is 6.07. The Kier molecular flexibility index (Phi) is 3.75. The summed E-state index contributed by atoms with van der Waals surface area (Å²) in [6.07, 6.45) is 0. The molecule has 0 amide bonds. The average Bonchev–Trinajstić information content (AvgIpc) is 2.29. The van der Waals surface area contributed by atoms with Crippen LogP contribution in [0.2, 0.25) is 0 Å². The van der Waals surface area contributed by atoms with Gasteiger partial charge in [-0.3, -0.25) is 0 Å². The maximum Gasteiger partial charge on any atom is 0.0268 e. The topological polar surface area (TPSA) is 12.0 Å². The lowest BCUT2D eigenvalue weighted by atomic mass is 10.0. The minimum absolute atomic E-state index is 0.795. The van der Waals surface area contributed by atoms with Crippen molar-refractivity contribution in [2.24, 2.45) is 0 Å². The molecule has 0 aliphatic carbocycles. The third-order valence-electron chi connectivity index (χ3n) is 2.51. The van der Waals surface area contributed by atoms with Crippen molar-refractivity contribution < 1.29 is 0 Å². The van der Waals surface area contributed by atoms with E-state index in [1.54, 1.807) is 0 Å². The summed E-state index contributed by atoms with van der Waals surface area (Å²) in [6.45, 7) is 5.46. The Hall–Kier alpha value is -1.12. The predicted octanol–water partition coefficient (Wildman–Crippen LogP) is 3.84. The first-order valence-electron chi connectivity index (χ1n) is 5.28. The second-order valence-corrected chi connectivity index (χ2v) is 4.88. The molecule has 82 valence electrons. The van der Waals surface area contributed by atoms with E-state index >= 15 is 0 Å². The number of hydrogen-bond acceptors (Lipinski definition) is 1. The van der Waals surface area contributed by atoms with Crippen LogP contribution in [0.5, 0.6) is 0 Å². The summed E-state index contributed by atoms with van der Waals surface area (Å²) in [5.74, 6) is 0. The van der Waals surface area contributed by atoms with Gasteiger partial charge in [0.2, 0.25) is 0 Å². The van der Waals surface area contributed by atoms with Crippen LogP contribution in [0.15, 0.2) is 53.5 Å². The second-order valence-electron chi connectivity index (χ2n) is 3.76. The van der Waals surface area contributed by atoms with Crippen LogP contribution in [0.1, 0.15) is 5.56 Å². The number of halogens is 1. The monoisotopic (exact) mass is 275 g/mol. The molecule has 0 atom stereocenters. The summed E-state index contributed by atoms with van der Waals surface area (Å²) in [7, 11) is 0. The van der Waals surface area contributed by atoms with Crippen LogP contribution in [0.25, 0.3) is 10.8 Å². The van der Waals surface area contributed by atoms with Crippen molar-refractivity contribution in [1.82, 2.24) is 5.32 Å². The molecule has 0 heterocycles. The normalized spacial score (nSPS) is 10.6. The SMILES string of the molecule is C=C(Br)CNCc1cccc2ccccc12. The van der Waals surface area contributed by atoms with Crippen molar-refractivity contribution in [3.05, 3.63) is 59.1 Å². The van der Waals surface area contributed by atoms with Crippen LogP contribution in [0.4, 0.5) is 0 Å². The summed E-state index contributed by atoms with van der Waals surface area (Å²) >= 11 is 3.34. The van der Waals surface area contributed by atoms with Gasteiger partial charge >= 0.3 is 0 Å². The Morgan fingerprint density at radius 1 is 1.12 bits per heavy atom. The number of fused-ring (bicyclic) bond motifs is 1. The molecule has 0 radical (unpaired) electrons. The Morgan fingerprint density at radius 3 is 2.69 bits per heavy atom. The lowest BCUT2D eigenvalue weighted by molar-refractivity contribution is 0.761. The van der Waals surface area contributed by atoms with E-state index in [2.05, 4.69) is 70.3 Å². The predicted molar refractivity (Wildman–Crippen MR) is 73.7 cm³/mol. The molecular formula is C14H14BrN. The molecule has 0 saturated heterocycles. The van der Waals surface area contributed by atoms with Crippen LogP contribution in [0, 0.1) is 0 Å². The molecule has 2 rings (SSSR count). The first-order chi connectivity index (χ1) is 7.77. The Labute approximate surface area is 104 Å². The summed E-state index contributed by atoms with van der Waals surface area (Å²) < 4.78 is 0.979. The van der Waals surface area contributed by atoms with Crippen molar-refractivity contribution in [3.63, 3.8) is 0 Å². The highest BCUT2D eigenvalue weighted by Crippen LogP contribution is 2.18. The zero-order chi connectivity index (χ0) is 11.4. The highest BCUT2D eigenvalue weighted by molar-refractivity contribution is 9.11. The minimum atomic E-state index is 0.795. The van der Waals surface area contributed by atoms with Gasteiger partial charge in [0.05, 0.1) is 0 Å². The fourth-order valence-corrected chi connectivity index (χ4v) is 1.98. The molecule has 0 unspecified atom stereocenters. The summed E-state index contributed by atoms with van der Waals surface area (Å²) in [6, 6.07) is 14.9. The standard InChI is InChI=1S/C14H14BrN/c1-11(15)9-16-10-13-7-4-6-12-5-2-3-8-14(12)13/h2-8,16H,1,9-10H2. The zero-order valence-corrected chi connectivity index (χ0v) is 10.6. The quantitative estimate of drug-likeness (QED) is 0.894. The molecule has 0 aromatic heterocycles. The molecule has 16 heavy (non-hydrogen) atoms. The van der Waals surface area contributed by atoms with E-state index in [1.807, 2.05) is 0 Å². The summed E-state index contributed by atoms with van der Waals surface area (Å²) in [4.78, 5) is 0. The van der Waals surface area contributed by atoms with E-state index in [0.29, 0.717) is 0 Å². The van der Waals surface area contributed by atoms with Gasteiger partial charge in [0.15, 0.2) is 0 Å². The van der Waals surface area contributed by atoms with E-state index in [4.69, 9.17) is 0 Å². The number of rotatable bonds is 4. The molecule has 0 aliphatic heterocycles. The highest BCUT2D eigenvalue weighted by atomic mass is 79.9. The molecule has 1 N–H and O–H groups in total.